The van der Waals surface area contributed by atoms with Crippen molar-refractivity contribution < 1.29 is 14.3 Å². The molecule has 2 heterocycles. The predicted octanol–water partition coefficient (Wildman–Crippen LogP) is 3.48. The Labute approximate surface area is 126 Å². The number of hydrogen-bond donors (Lipinski definition) is 1. The van der Waals surface area contributed by atoms with E-state index in [1.54, 1.807) is 0 Å². The van der Waals surface area contributed by atoms with E-state index in [4.69, 9.17) is 4.42 Å². The van der Waals surface area contributed by atoms with Crippen LogP contribution in [0.5, 0.6) is 0 Å². The summed E-state index contributed by atoms with van der Waals surface area (Å²) >= 11 is 0. The minimum absolute atomic E-state index is 0.571. The number of nitrogens with zero attached hydrogens (tertiary/aromatic N) is 1. The second kappa shape index (κ2) is 5.48. The van der Waals surface area contributed by atoms with Crippen LogP contribution in [-0.2, 0) is 11.3 Å². The van der Waals surface area contributed by atoms with Crippen LogP contribution < -0.4 is 0 Å². The van der Waals surface area contributed by atoms with Gasteiger partial charge in [0.2, 0.25) is 0 Å². The molecule has 1 aromatic heterocycles. The lowest BCUT2D eigenvalue weighted by Crippen LogP contribution is -2.47. The average Bonchev–Trinajstić information content (AvgIpc) is 3.02. The SMILES string of the molecule is CCC1(C(=O)O)CCCN(Cc2ccc(C3CC3C)o2)C1. The van der Waals surface area contributed by atoms with Crippen LogP contribution in [0.1, 0.15) is 57.0 Å². The number of likely N-dealkylation sites (tertiary alicyclic amines) is 1. The molecule has 0 amide bonds. The van der Waals surface area contributed by atoms with Crippen LogP contribution in [0.4, 0.5) is 0 Å². The lowest BCUT2D eigenvalue weighted by atomic mass is 9.77. The van der Waals surface area contributed by atoms with Crippen molar-refractivity contribution in [2.45, 2.75) is 52.0 Å². The molecule has 2 aliphatic rings. The van der Waals surface area contributed by atoms with E-state index in [1.165, 1.54) is 6.42 Å². The Morgan fingerprint density at radius 2 is 2.29 bits per heavy atom. The van der Waals surface area contributed by atoms with Gasteiger partial charge in [-0.05, 0) is 50.3 Å². The minimum atomic E-state index is -0.651. The van der Waals surface area contributed by atoms with Crippen LogP contribution in [0.15, 0.2) is 16.5 Å². The molecule has 0 spiro atoms. The molecule has 3 unspecified atom stereocenters. The molecular formula is C17H25NO3. The first kappa shape index (κ1) is 14.6. The van der Waals surface area contributed by atoms with Crippen LogP contribution in [0.25, 0.3) is 0 Å². The van der Waals surface area contributed by atoms with Crippen molar-refractivity contribution in [1.29, 1.82) is 0 Å². The maximum atomic E-state index is 11.6. The smallest absolute Gasteiger partial charge is 0.310 e. The molecule has 4 heteroatoms. The van der Waals surface area contributed by atoms with Gasteiger partial charge in [-0.15, -0.1) is 0 Å². The van der Waals surface area contributed by atoms with Crippen LogP contribution in [-0.4, -0.2) is 29.1 Å². The highest BCUT2D eigenvalue weighted by atomic mass is 16.4. The molecular weight excluding hydrogens is 266 g/mol. The molecule has 3 rings (SSSR count). The fourth-order valence-electron chi connectivity index (χ4n) is 3.59. The Kier molecular flexibility index (Phi) is 3.82. The number of carbonyl (C=O) groups is 1. The Morgan fingerprint density at radius 3 is 2.90 bits per heavy atom. The van der Waals surface area contributed by atoms with E-state index in [0.29, 0.717) is 18.9 Å². The van der Waals surface area contributed by atoms with Crippen molar-refractivity contribution in [3.63, 3.8) is 0 Å². The summed E-state index contributed by atoms with van der Waals surface area (Å²) in [5.41, 5.74) is -0.571. The minimum Gasteiger partial charge on any atom is -0.481 e. The second-order valence-electron chi connectivity index (χ2n) is 6.88. The van der Waals surface area contributed by atoms with Crippen molar-refractivity contribution in [2.75, 3.05) is 13.1 Å². The molecule has 4 nitrogen and oxygen atoms in total. The molecule has 0 aromatic carbocycles. The van der Waals surface area contributed by atoms with E-state index >= 15 is 0 Å². The van der Waals surface area contributed by atoms with Gasteiger partial charge in [-0.25, -0.2) is 0 Å². The van der Waals surface area contributed by atoms with Crippen LogP contribution in [0.2, 0.25) is 0 Å². The molecule has 2 fully saturated rings. The lowest BCUT2D eigenvalue weighted by molar-refractivity contribution is -0.153. The summed E-state index contributed by atoms with van der Waals surface area (Å²) in [6, 6.07) is 4.15. The molecule has 21 heavy (non-hydrogen) atoms. The van der Waals surface area contributed by atoms with Crippen molar-refractivity contribution in [2.24, 2.45) is 11.3 Å². The Bertz CT molecular complexity index is 524. The van der Waals surface area contributed by atoms with Gasteiger partial charge in [0.15, 0.2) is 0 Å². The van der Waals surface area contributed by atoms with E-state index < -0.39 is 11.4 Å². The van der Waals surface area contributed by atoms with Gasteiger partial charge in [0.05, 0.1) is 12.0 Å². The fourth-order valence-corrected chi connectivity index (χ4v) is 3.59. The van der Waals surface area contributed by atoms with Gasteiger partial charge in [-0.1, -0.05) is 13.8 Å². The highest BCUT2D eigenvalue weighted by Gasteiger charge is 2.41. The van der Waals surface area contributed by atoms with Crippen LogP contribution >= 0.6 is 0 Å². The second-order valence-corrected chi connectivity index (χ2v) is 6.88. The van der Waals surface area contributed by atoms with Crippen molar-refractivity contribution in [3.05, 3.63) is 23.7 Å². The van der Waals surface area contributed by atoms with Crippen molar-refractivity contribution in [3.8, 4) is 0 Å². The van der Waals surface area contributed by atoms with E-state index in [-0.39, 0.29) is 0 Å². The molecule has 3 atom stereocenters. The Balaban J connectivity index is 1.64. The maximum absolute atomic E-state index is 11.6. The fraction of sp³-hybridized carbons (Fsp3) is 0.706. The summed E-state index contributed by atoms with van der Waals surface area (Å²) in [7, 11) is 0. The number of hydrogen-bond acceptors (Lipinski definition) is 3. The zero-order valence-electron chi connectivity index (χ0n) is 13.0. The van der Waals surface area contributed by atoms with E-state index in [9.17, 15) is 9.90 Å². The zero-order valence-corrected chi connectivity index (χ0v) is 13.0. The van der Waals surface area contributed by atoms with E-state index in [1.807, 2.05) is 6.92 Å². The summed E-state index contributed by atoms with van der Waals surface area (Å²) in [5.74, 6) is 2.78. The quantitative estimate of drug-likeness (QED) is 0.902. The third-order valence-corrected chi connectivity index (χ3v) is 5.32. The largest absolute Gasteiger partial charge is 0.481 e. The molecule has 0 radical (unpaired) electrons. The van der Waals surface area contributed by atoms with E-state index in [0.717, 1.165) is 43.4 Å². The van der Waals surface area contributed by atoms with Gasteiger partial charge in [0, 0.05) is 12.5 Å². The van der Waals surface area contributed by atoms with Crippen molar-refractivity contribution >= 4 is 5.97 Å². The number of piperidine rings is 1. The monoisotopic (exact) mass is 291 g/mol. The highest BCUT2D eigenvalue weighted by Crippen LogP contribution is 2.47. The summed E-state index contributed by atoms with van der Waals surface area (Å²) in [6.07, 6.45) is 3.67. The first-order valence-corrected chi connectivity index (χ1v) is 8.08. The van der Waals surface area contributed by atoms with Gasteiger partial charge in [-0.3, -0.25) is 9.69 Å². The molecule has 0 bridgehead atoms. The Morgan fingerprint density at radius 1 is 1.52 bits per heavy atom. The number of carboxylic acid groups (broad SMARTS) is 1. The summed E-state index contributed by atoms with van der Waals surface area (Å²) in [4.78, 5) is 13.8. The van der Waals surface area contributed by atoms with Gasteiger partial charge in [0.1, 0.15) is 11.5 Å². The predicted molar refractivity (Wildman–Crippen MR) is 80.1 cm³/mol. The first-order chi connectivity index (χ1) is 10.0. The molecule has 116 valence electrons. The molecule has 1 aliphatic heterocycles. The van der Waals surface area contributed by atoms with Gasteiger partial charge in [-0.2, -0.15) is 0 Å². The molecule has 1 aliphatic carbocycles. The Hall–Kier alpha value is -1.29. The van der Waals surface area contributed by atoms with E-state index in [2.05, 4.69) is 24.0 Å². The third-order valence-electron chi connectivity index (χ3n) is 5.32. The van der Waals surface area contributed by atoms with Gasteiger partial charge < -0.3 is 9.52 Å². The van der Waals surface area contributed by atoms with Crippen molar-refractivity contribution in [1.82, 2.24) is 4.90 Å². The standard InChI is InChI=1S/C17H25NO3/c1-3-17(16(19)20)7-4-8-18(11-17)10-13-5-6-15(21-13)14-9-12(14)2/h5-6,12,14H,3-4,7-11H2,1-2H3,(H,19,20). The van der Waals surface area contributed by atoms with Gasteiger partial charge >= 0.3 is 5.97 Å². The summed E-state index contributed by atoms with van der Waals surface area (Å²) in [5, 5.41) is 9.54. The summed E-state index contributed by atoms with van der Waals surface area (Å²) in [6.45, 7) is 6.56. The number of aliphatic carboxylic acids is 1. The molecule has 1 N–H and O–H groups in total. The maximum Gasteiger partial charge on any atom is 0.310 e. The van der Waals surface area contributed by atoms with Gasteiger partial charge in [0.25, 0.3) is 0 Å². The zero-order chi connectivity index (χ0) is 15.0. The normalized spacial score (nSPS) is 33.0. The average molecular weight is 291 g/mol. The molecule has 1 aromatic rings. The third kappa shape index (κ3) is 2.86. The number of furan rings is 1. The topological polar surface area (TPSA) is 53.7 Å². The number of carboxylic acids is 1. The molecule has 1 saturated carbocycles. The van der Waals surface area contributed by atoms with Crippen LogP contribution in [0, 0.1) is 11.3 Å². The van der Waals surface area contributed by atoms with Crippen LogP contribution in [0.3, 0.4) is 0 Å². The highest BCUT2D eigenvalue weighted by molar-refractivity contribution is 5.75. The molecule has 1 saturated heterocycles. The lowest BCUT2D eigenvalue weighted by Gasteiger charge is -2.39. The first-order valence-electron chi connectivity index (χ1n) is 8.08. The number of rotatable bonds is 5. The summed E-state index contributed by atoms with van der Waals surface area (Å²) < 4.78 is 5.95.